The van der Waals surface area contributed by atoms with Crippen LogP contribution in [0.5, 0.6) is 5.75 Å². The zero-order chi connectivity index (χ0) is 33.3. The Bertz CT molecular complexity index is 1720. The number of amides is 2. The van der Waals surface area contributed by atoms with Gasteiger partial charge < -0.3 is 15.0 Å². The first-order valence-electron chi connectivity index (χ1n) is 15.1. The van der Waals surface area contributed by atoms with Gasteiger partial charge in [-0.05, 0) is 79.9 Å². The second-order valence-electron chi connectivity index (χ2n) is 11.2. The summed E-state index contributed by atoms with van der Waals surface area (Å²) in [5.41, 5.74) is 2.86. The van der Waals surface area contributed by atoms with E-state index < -0.39 is 28.5 Å². The quantitative estimate of drug-likeness (QED) is 0.161. The molecule has 0 unspecified atom stereocenters. The van der Waals surface area contributed by atoms with Crippen molar-refractivity contribution in [3.63, 3.8) is 0 Å². The zero-order valence-electron chi connectivity index (χ0n) is 26.5. The number of sulfonamides is 1. The zero-order valence-corrected chi connectivity index (χ0v) is 28.9. The molecular formula is C36H40BrN3O5S. The molecule has 4 aromatic rings. The number of hydrogen-bond acceptors (Lipinski definition) is 5. The van der Waals surface area contributed by atoms with Gasteiger partial charge in [0.2, 0.25) is 11.8 Å². The van der Waals surface area contributed by atoms with Crippen molar-refractivity contribution in [1.29, 1.82) is 0 Å². The van der Waals surface area contributed by atoms with E-state index in [0.29, 0.717) is 17.9 Å². The van der Waals surface area contributed by atoms with Gasteiger partial charge in [0, 0.05) is 23.5 Å². The average molecular weight is 707 g/mol. The van der Waals surface area contributed by atoms with E-state index in [1.54, 1.807) is 36.4 Å². The number of ether oxygens (including phenoxy) is 1. The standard InChI is InChI=1S/C36H40BrN3O5S/c1-5-27(3)38-36(42)34(23-28-10-7-6-8-11-28)39(24-29-12-9-13-30(37)22-29)35(41)25-40(31-16-18-32(45-4)19-17-31)46(43,44)33-20-14-26(2)15-21-33/h6-22,27,34H,5,23-25H2,1-4H3,(H,38,42)/t27-,34+/m0/s1. The molecule has 242 valence electrons. The van der Waals surface area contributed by atoms with Crippen molar-refractivity contribution in [1.82, 2.24) is 10.2 Å². The van der Waals surface area contributed by atoms with Gasteiger partial charge in [0.25, 0.3) is 10.0 Å². The van der Waals surface area contributed by atoms with Gasteiger partial charge in [-0.15, -0.1) is 0 Å². The molecule has 8 nitrogen and oxygen atoms in total. The Morgan fingerprint density at radius 1 is 0.891 bits per heavy atom. The minimum atomic E-state index is -4.19. The van der Waals surface area contributed by atoms with Gasteiger partial charge in [0.15, 0.2) is 0 Å². The van der Waals surface area contributed by atoms with Crippen LogP contribution in [0, 0.1) is 6.92 Å². The minimum absolute atomic E-state index is 0.0515. The lowest BCUT2D eigenvalue weighted by molar-refractivity contribution is -0.140. The molecule has 0 saturated heterocycles. The molecule has 0 aliphatic rings. The molecule has 0 spiro atoms. The van der Waals surface area contributed by atoms with Gasteiger partial charge in [-0.3, -0.25) is 13.9 Å². The first kappa shape index (κ1) is 34.7. The van der Waals surface area contributed by atoms with Crippen LogP contribution in [0.15, 0.2) is 112 Å². The lowest BCUT2D eigenvalue weighted by Crippen LogP contribution is -2.54. The SMILES string of the molecule is CC[C@H](C)NC(=O)[C@@H](Cc1ccccc1)N(Cc1cccc(Br)c1)C(=O)CN(c1ccc(OC)cc1)S(=O)(=O)c1ccc(C)cc1. The summed E-state index contributed by atoms with van der Waals surface area (Å²) >= 11 is 3.51. The van der Waals surface area contributed by atoms with E-state index in [0.717, 1.165) is 25.5 Å². The number of nitrogens with one attached hydrogen (secondary N) is 1. The molecule has 0 aliphatic carbocycles. The van der Waals surface area contributed by atoms with Gasteiger partial charge in [0.05, 0.1) is 17.7 Å². The molecule has 46 heavy (non-hydrogen) atoms. The monoisotopic (exact) mass is 705 g/mol. The average Bonchev–Trinajstić information content (AvgIpc) is 3.05. The number of carbonyl (C=O) groups excluding carboxylic acids is 2. The summed E-state index contributed by atoms with van der Waals surface area (Å²) in [6.07, 6.45) is 0.958. The van der Waals surface area contributed by atoms with Crippen molar-refractivity contribution >= 4 is 43.5 Å². The van der Waals surface area contributed by atoms with E-state index in [4.69, 9.17) is 4.74 Å². The van der Waals surface area contributed by atoms with Gasteiger partial charge in [0.1, 0.15) is 18.3 Å². The molecule has 4 aromatic carbocycles. The number of hydrogen-bond donors (Lipinski definition) is 1. The number of halogens is 1. The molecule has 1 N–H and O–H groups in total. The lowest BCUT2D eigenvalue weighted by atomic mass is 10.0. The van der Waals surface area contributed by atoms with Gasteiger partial charge in [-0.2, -0.15) is 0 Å². The molecule has 0 fully saturated rings. The summed E-state index contributed by atoms with van der Waals surface area (Å²) in [4.78, 5) is 30.0. The Kier molecular flexibility index (Phi) is 12.0. The molecule has 0 aliphatic heterocycles. The summed E-state index contributed by atoms with van der Waals surface area (Å²) < 4.78 is 35.6. The molecule has 2 amide bonds. The van der Waals surface area contributed by atoms with E-state index in [9.17, 15) is 18.0 Å². The largest absolute Gasteiger partial charge is 0.497 e. The number of carbonyl (C=O) groups is 2. The molecule has 0 radical (unpaired) electrons. The smallest absolute Gasteiger partial charge is 0.264 e. The predicted octanol–water partition coefficient (Wildman–Crippen LogP) is 6.52. The van der Waals surface area contributed by atoms with Gasteiger partial charge >= 0.3 is 0 Å². The highest BCUT2D eigenvalue weighted by Gasteiger charge is 2.35. The molecule has 4 rings (SSSR count). The number of methoxy groups -OCH3 is 1. The highest BCUT2D eigenvalue weighted by molar-refractivity contribution is 9.10. The first-order chi connectivity index (χ1) is 22.0. The van der Waals surface area contributed by atoms with Crippen molar-refractivity contribution in [2.75, 3.05) is 18.0 Å². The van der Waals surface area contributed by atoms with Crippen LogP contribution >= 0.6 is 15.9 Å². The maximum absolute atomic E-state index is 14.6. The van der Waals surface area contributed by atoms with Crippen molar-refractivity contribution in [2.24, 2.45) is 0 Å². The van der Waals surface area contributed by atoms with Crippen molar-refractivity contribution < 1.29 is 22.7 Å². The number of aryl methyl sites for hydroxylation is 1. The summed E-state index contributed by atoms with van der Waals surface area (Å²) in [6, 6.07) is 29.0. The predicted molar refractivity (Wildman–Crippen MR) is 185 cm³/mol. The molecule has 0 bridgehead atoms. The lowest BCUT2D eigenvalue weighted by Gasteiger charge is -2.34. The summed E-state index contributed by atoms with van der Waals surface area (Å²) in [5.74, 6) is -0.283. The number of anilines is 1. The molecule has 0 saturated carbocycles. The van der Waals surface area contributed by atoms with Crippen LogP contribution in [-0.2, 0) is 32.6 Å². The van der Waals surface area contributed by atoms with Crippen LogP contribution in [0.3, 0.4) is 0 Å². The van der Waals surface area contributed by atoms with Crippen LogP contribution in [0.2, 0.25) is 0 Å². The molecule has 10 heteroatoms. The van der Waals surface area contributed by atoms with E-state index in [2.05, 4.69) is 21.2 Å². The molecular weight excluding hydrogens is 666 g/mol. The third kappa shape index (κ3) is 8.98. The minimum Gasteiger partial charge on any atom is -0.497 e. The van der Waals surface area contributed by atoms with E-state index in [-0.39, 0.29) is 29.8 Å². The molecule has 2 atom stereocenters. The van der Waals surface area contributed by atoms with Crippen LogP contribution in [0.25, 0.3) is 0 Å². The number of nitrogens with zero attached hydrogens (tertiary/aromatic N) is 2. The highest BCUT2D eigenvalue weighted by Crippen LogP contribution is 2.27. The Balaban J connectivity index is 1.81. The van der Waals surface area contributed by atoms with Crippen LogP contribution in [0.4, 0.5) is 5.69 Å². The van der Waals surface area contributed by atoms with Crippen LogP contribution in [0.1, 0.15) is 37.0 Å². The van der Waals surface area contributed by atoms with Crippen molar-refractivity contribution in [2.45, 2.75) is 57.1 Å². The third-order valence-electron chi connectivity index (χ3n) is 7.76. The topological polar surface area (TPSA) is 96.0 Å². The Labute approximate surface area is 280 Å². The fourth-order valence-corrected chi connectivity index (χ4v) is 6.80. The third-order valence-corrected chi connectivity index (χ3v) is 10.0. The van der Waals surface area contributed by atoms with Crippen molar-refractivity contribution in [3.8, 4) is 5.75 Å². The maximum Gasteiger partial charge on any atom is 0.264 e. The van der Waals surface area contributed by atoms with Crippen LogP contribution in [-0.4, -0.2) is 50.9 Å². The van der Waals surface area contributed by atoms with E-state index in [1.807, 2.05) is 75.4 Å². The normalized spacial score (nSPS) is 12.5. The fraction of sp³-hybridized carbons (Fsp3) is 0.278. The second-order valence-corrected chi connectivity index (χ2v) is 14.0. The van der Waals surface area contributed by atoms with Gasteiger partial charge in [-0.25, -0.2) is 8.42 Å². The van der Waals surface area contributed by atoms with E-state index >= 15 is 0 Å². The Morgan fingerprint density at radius 3 is 2.15 bits per heavy atom. The van der Waals surface area contributed by atoms with Gasteiger partial charge in [-0.1, -0.05) is 83.0 Å². The highest BCUT2D eigenvalue weighted by atomic mass is 79.9. The van der Waals surface area contributed by atoms with Crippen molar-refractivity contribution in [3.05, 3.63) is 124 Å². The summed E-state index contributed by atoms with van der Waals surface area (Å²) in [5, 5.41) is 3.05. The van der Waals surface area contributed by atoms with E-state index in [1.165, 1.54) is 24.1 Å². The fourth-order valence-electron chi connectivity index (χ4n) is 4.94. The first-order valence-corrected chi connectivity index (χ1v) is 17.4. The summed E-state index contributed by atoms with van der Waals surface area (Å²) in [7, 11) is -2.67. The number of benzene rings is 4. The summed E-state index contributed by atoms with van der Waals surface area (Å²) in [6.45, 7) is 5.32. The van der Waals surface area contributed by atoms with Crippen LogP contribution < -0.4 is 14.4 Å². The Morgan fingerprint density at radius 2 is 1.54 bits per heavy atom. The Hall–Kier alpha value is -4.15. The molecule has 0 aromatic heterocycles. The molecule has 0 heterocycles. The second kappa shape index (κ2) is 15.9. The maximum atomic E-state index is 14.6. The number of rotatable bonds is 14.